The number of hydrogen-bond acceptors (Lipinski definition) is 0. The lowest BCUT2D eigenvalue weighted by molar-refractivity contribution is -0.0973. The van der Waals surface area contributed by atoms with Crippen molar-refractivity contribution in [2.45, 2.75) is 208 Å². The minimum Gasteiger partial charge on any atom is -0.0879 e. The number of fused-ring (bicyclic) bond motifs is 3. The van der Waals surface area contributed by atoms with Crippen LogP contribution in [-0.2, 0) is 0 Å². The molecule has 0 nitrogen and oxygen atoms in total. The summed E-state index contributed by atoms with van der Waals surface area (Å²) in [6, 6.07) is 0. The van der Waals surface area contributed by atoms with E-state index in [9.17, 15) is 0 Å². The molecule has 0 heterocycles. The van der Waals surface area contributed by atoms with Crippen LogP contribution >= 0.6 is 0 Å². The summed E-state index contributed by atoms with van der Waals surface area (Å²) in [7, 11) is 0. The Labute approximate surface area is 354 Å². The van der Waals surface area contributed by atoms with E-state index in [-0.39, 0.29) is 0 Å². The molecule has 320 valence electrons. The Balaban J connectivity index is 0.00000110. The van der Waals surface area contributed by atoms with Crippen LogP contribution in [-0.4, -0.2) is 0 Å². The van der Waals surface area contributed by atoms with Crippen LogP contribution in [0.25, 0.3) is 0 Å². The average molecular weight is 777 g/mol. The van der Waals surface area contributed by atoms with Crippen molar-refractivity contribution in [2.75, 3.05) is 0 Å². The van der Waals surface area contributed by atoms with Gasteiger partial charge in [0.2, 0.25) is 0 Å². The largest absolute Gasteiger partial charge is 0.0879 e. The van der Waals surface area contributed by atoms with Crippen LogP contribution in [0.4, 0.5) is 0 Å². The highest BCUT2D eigenvalue weighted by atomic mass is 14.6. The lowest BCUT2D eigenvalue weighted by Crippen LogP contribution is -2.53. The van der Waals surface area contributed by atoms with E-state index in [0.29, 0.717) is 0 Å². The Morgan fingerprint density at radius 2 is 1.26 bits per heavy atom. The molecule has 0 bridgehead atoms. The SMILES string of the molecule is CC.CC.CCCCC(C(C)C1=CCCC=CC1)C1C2CCCCC2C(C2CCCC3=CCC(C4CCC5=CCC6CCCC7CCC4C5C67)CC32)C2CCCC21. The second-order valence-electron chi connectivity index (χ2n) is 21.8. The molecular weight excluding hydrogens is 685 g/mol. The van der Waals surface area contributed by atoms with Crippen molar-refractivity contribution in [3.05, 3.63) is 47.1 Å². The molecule has 17 unspecified atom stereocenters. The molecule has 10 aliphatic carbocycles. The number of rotatable bonds is 8. The second-order valence-corrected chi connectivity index (χ2v) is 21.8. The van der Waals surface area contributed by atoms with Gasteiger partial charge >= 0.3 is 0 Å². The fraction of sp³-hybridized carbons (Fsp3) is 0.860. The van der Waals surface area contributed by atoms with E-state index < -0.39 is 0 Å². The van der Waals surface area contributed by atoms with Gasteiger partial charge in [-0.05, 0) is 223 Å². The maximum atomic E-state index is 2.94. The van der Waals surface area contributed by atoms with E-state index in [1.54, 1.807) is 83.5 Å². The van der Waals surface area contributed by atoms with Gasteiger partial charge in [-0.15, -0.1) is 0 Å². The third-order valence-electron chi connectivity index (χ3n) is 20.1. The van der Waals surface area contributed by atoms with E-state index in [0.717, 1.165) is 101 Å². The van der Waals surface area contributed by atoms with Crippen molar-refractivity contribution in [3.63, 3.8) is 0 Å². The van der Waals surface area contributed by atoms with E-state index >= 15 is 0 Å². The third-order valence-corrected chi connectivity index (χ3v) is 20.1. The summed E-state index contributed by atoms with van der Waals surface area (Å²) in [5.41, 5.74) is 5.80. The molecule has 0 heteroatoms. The van der Waals surface area contributed by atoms with Crippen molar-refractivity contribution in [2.24, 2.45) is 101 Å². The first-order valence-corrected chi connectivity index (χ1v) is 26.9. The van der Waals surface area contributed by atoms with Crippen molar-refractivity contribution in [3.8, 4) is 0 Å². The van der Waals surface area contributed by atoms with E-state index in [4.69, 9.17) is 0 Å². The van der Waals surface area contributed by atoms with Crippen molar-refractivity contribution in [1.82, 2.24) is 0 Å². The number of hydrogen-bond donors (Lipinski definition) is 0. The number of allylic oxidation sites excluding steroid dienone is 8. The summed E-state index contributed by atoms with van der Waals surface area (Å²) in [6.07, 6.45) is 52.5. The summed E-state index contributed by atoms with van der Waals surface area (Å²) < 4.78 is 0. The quantitative estimate of drug-likeness (QED) is 0.215. The van der Waals surface area contributed by atoms with Crippen LogP contribution in [0.1, 0.15) is 208 Å². The van der Waals surface area contributed by atoms with Crippen molar-refractivity contribution < 1.29 is 0 Å². The molecule has 0 aliphatic heterocycles. The van der Waals surface area contributed by atoms with Crippen LogP contribution < -0.4 is 0 Å². The van der Waals surface area contributed by atoms with Crippen LogP contribution in [0.5, 0.6) is 0 Å². The van der Waals surface area contributed by atoms with Crippen LogP contribution in [0.3, 0.4) is 0 Å². The van der Waals surface area contributed by atoms with Gasteiger partial charge in [0.15, 0.2) is 0 Å². The second kappa shape index (κ2) is 19.8. The smallest absolute Gasteiger partial charge is 0.0136 e. The third kappa shape index (κ3) is 8.22. The van der Waals surface area contributed by atoms with Gasteiger partial charge in [0.25, 0.3) is 0 Å². The van der Waals surface area contributed by atoms with Gasteiger partial charge in [0, 0.05) is 0 Å². The minimum absolute atomic E-state index is 0.784. The van der Waals surface area contributed by atoms with Crippen LogP contribution in [0.2, 0.25) is 0 Å². The Kier molecular flexibility index (Phi) is 14.8. The Hall–Kier alpha value is -1.04. The molecule has 7 fully saturated rings. The molecule has 0 radical (unpaired) electrons. The van der Waals surface area contributed by atoms with Gasteiger partial charge in [-0.3, -0.25) is 0 Å². The van der Waals surface area contributed by atoms with Crippen LogP contribution in [0, 0.1) is 101 Å². The molecule has 10 aliphatic rings. The van der Waals surface area contributed by atoms with Crippen molar-refractivity contribution >= 4 is 0 Å². The lowest BCUT2D eigenvalue weighted by atomic mass is 9.45. The zero-order valence-corrected chi connectivity index (χ0v) is 38.6. The summed E-state index contributed by atoms with van der Waals surface area (Å²) in [5.74, 6) is 17.2. The molecule has 7 saturated carbocycles. The summed E-state index contributed by atoms with van der Waals surface area (Å²) in [4.78, 5) is 0. The Morgan fingerprint density at radius 3 is 2.09 bits per heavy atom. The lowest BCUT2D eigenvalue weighted by Gasteiger charge is -2.60. The molecule has 0 N–H and O–H groups in total. The summed E-state index contributed by atoms with van der Waals surface area (Å²) in [6.45, 7) is 13.2. The highest BCUT2D eigenvalue weighted by Gasteiger charge is 2.58. The highest BCUT2D eigenvalue weighted by molar-refractivity contribution is 5.24. The van der Waals surface area contributed by atoms with Gasteiger partial charge < -0.3 is 0 Å². The summed E-state index contributed by atoms with van der Waals surface area (Å²) in [5, 5.41) is 0. The normalized spacial score (nSPS) is 44.2. The first-order valence-electron chi connectivity index (χ1n) is 26.9. The molecule has 0 aromatic heterocycles. The standard InChI is InChI=1S/C53H80.2C2H6/c1-3-4-19-41(34(2)35-14-7-5-6-8-15-35)52-43-20-9-10-21-44(43)53(46-24-13-23-45(46)52)47-22-12-16-36-25-28-40(33-49(36)47)42-31-29-39-27-26-37-17-11-18-38-30-32-48(42)51(39)50(37)38;2*1-2/h5,7,15,25,27,34,37-38,40-53H,3-4,6,8-14,16-24,26,28-33H2,1-2H3;2*1-2H3. The molecule has 0 spiro atoms. The molecule has 0 aromatic rings. The van der Waals surface area contributed by atoms with E-state index in [1.807, 2.05) is 44.4 Å². The first kappa shape index (κ1) is 42.6. The minimum atomic E-state index is 0.784. The molecule has 0 amide bonds. The predicted molar refractivity (Wildman–Crippen MR) is 247 cm³/mol. The molecular formula is C57H92. The fourth-order valence-electron chi connectivity index (χ4n) is 18.3. The Bertz CT molecular complexity index is 1400. The van der Waals surface area contributed by atoms with Crippen molar-refractivity contribution in [1.29, 1.82) is 0 Å². The monoisotopic (exact) mass is 777 g/mol. The maximum Gasteiger partial charge on any atom is -0.0136 e. The average Bonchev–Trinajstić information content (AvgIpc) is 3.59. The van der Waals surface area contributed by atoms with Gasteiger partial charge in [0.05, 0.1) is 0 Å². The van der Waals surface area contributed by atoms with Crippen LogP contribution in [0.15, 0.2) is 47.1 Å². The number of unbranched alkanes of at least 4 members (excludes halogenated alkanes) is 1. The molecule has 57 heavy (non-hydrogen) atoms. The summed E-state index contributed by atoms with van der Waals surface area (Å²) >= 11 is 0. The molecule has 0 saturated heterocycles. The zero-order chi connectivity index (χ0) is 39.5. The van der Waals surface area contributed by atoms with E-state index in [1.165, 1.54) is 83.5 Å². The molecule has 17 atom stereocenters. The highest BCUT2D eigenvalue weighted by Crippen LogP contribution is 2.66. The predicted octanol–water partition coefficient (Wildman–Crippen LogP) is 17.2. The molecule has 10 rings (SSSR count). The van der Waals surface area contributed by atoms with E-state index in [2.05, 4.69) is 44.2 Å². The van der Waals surface area contributed by atoms with Gasteiger partial charge in [-0.2, -0.15) is 0 Å². The molecule has 0 aromatic carbocycles. The zero-order valence-electron chi connectivity index (χ0n) is 38.6. The Morgan fingerprint density at radius 1 is 0.561 bits per heavy atom. The topological polar surface area (TPSA) is 0 Å². The maximum absolute atomic E-state index is 2.94. The van der Waals surface area contributed by atoms with Gasteiger partial charge in [-0.1, -0.05) is 134 Å². The first-order chi connectivity index (χ1) is 28.2. The fourth-order valence-corrected chi connectivity index (χ4v) is 18.3. The van der Waals surface area contributed by atoms with Gasteiger partial charge in [-0.25, -0.2) is 0 Å². The van der Waals surface area contributed by atoms with Gasteiger partial charge in [0.1, 0.15) is 0 Å².